The van der Waals surface area contributed by atoms with Crippen molar-refractivity contribution in [3.8, 4) is 11.5 Å². The van der Waals surface area contributed by atoms with Crippen LogP contribution < -0.4 is 5.73 Å². The minimum absolute atomic E-state index is 0.0760. The molecule has 2 rings (SSSR count). The van der Waals surface area contributed by atoms with Crippen LogP contribution in [0, 0.1) is 0 Å². The molecule has 0 spiro atoms. The maximum Gasteiger partial charge on any atom is 0.362 e. The standard InChI is InChI=1S/C12H10Cl2N2O3/c1-2-18-12(17)9-10(15)19-11(16-9)7-5-6(13)3-4-8(7)14/h3-5H,2,15H2,1H3. The molecule has 0 radical (unpaired) electrons. The number of rotatable bonds is 3. The Morgan fingerprint density at radius 3 is 2.89 bits per heavy atom. The molecule has 2 aromatic rings. The summed E-state index contributed by atoms with van der Waals surface area (Å²) < 4.78 is 10.0. The number of anilines is 1. The Morgan fingerprint density at radius 2 is 2.21 bits per heavy atom. The first-order valence-electron chi connectivity index (χ1n) is 5.41. The van der Waals surface area contributed by atoms with Crippen LogP contribution in [-0.4, -0.2) is 17.6 Å². The topological polar surface area (TPSA) is 78.3 Å². The number of hydrogen-bond donors (Lipinski definition) is 1. The maximum atomic E-state index is 11.6. The summed E-state index contributed by atoms with van der Waals surface area (Å²) in [5.41, 5.74) is 5.97. The van der Waals surface area contributed by atoms with Crippen LogP contribution in [0.25, 0.3) is 11.5 Å². The molecule has 0 bridgehead atoms. The van der Waals surface area contributed by atoms with Crippen molar-refractivity contribution in [2.75, 3.05) is 12.3 Å². The highest BCUT2D eigenvalue weighted by Gasteiger charge is 2.21. The maximum absolute atomic E-state index is 11.6. The third kappa shape index (κ3) is 2.83. The average Bonchev–Trinajstić information content (AvgIpc) is 2.74. The van der Waals surface area contributed by atoms with Crippen LogP contribution in [0.3, 0.4) is 0 Å². The zero-order valence-corrected chi connectivity index (χ0v) is 11.5. The van der Waals surface area contributed by atoms with Crippen molar-refractivity contribution in [2.45, 2.75) is 6.92 Å². The van der Waals surface area contributed by atoms with Crippen LogP contribution in [0.15, 0.2) is 22.6 Å². The van der Waals surface area contributed by atoms with Crippen LogP contribution in [0.5, 0.6) is 0 Å². The summed E-state index contributed by atoms with van der Waals surface area (Å²) in [6.07, 6.45) is 0. The number of benzene rings is 1. The summed E-state index contributed by atoms with van der Waals surface area (Å²) >= 11 is 11.9. The molecule has 0 aliphatic carbocycles. The fourth-order valence-corrected chi connectivity index (χ4v) is 1.82. The van der Waals surface area contributed by atoms with Gasteiger partial charge in [-0.15, -0.1) is 0 Å². The summed E-state index contributed by atoms with van der Waals surface area (Å²) in [5.74, 6) is -0.648. The van der Waals surface area contributed by atoms with Gasteiger partial charge in [0.25, 0.3) is 0 Å². The number of ether oxygens (including phenoxy) is 1. The number of carbonyl (C=O) groups is 1. The van der Waals surface area contributed by atoms with Gasteiger partial charge in [-0.25, -0.2) is 4.79 Å². The zero-order chi connectivity index (χ0) is 14.0. The van der Waals surface area contributed by atoms with Crippen molar-refractivity contribution < 1.29 is 13.9 Å². The van der Waals surface area contributed by atoms with E-state index in [0.717, 1.165) is 0 Å². The molecule has 19 heavy (non-hydrogen) atoms. The number of oxazole rings is 1. The molecule has 0 fully saturated rings. The fraction of sp³-hybridized carbons (Fsp3) is 0.167. The van der Waals surface area contributed by atoms with Gasteiger partial charge in [-0.05, 0) is 25.1 Å². The summed E-state index contributed by atoms with van der Waals surface area (Å²) in [7, 11) is 0. The lowest BCUT2D eigenvalue weighted by molar-refractivity contribution is 0.0521. The highest BCUT2D eigenvalue weighted by molar-refractivity contribution is 6.35. The quantitative estimate of drug-likeness (QED) is 0.879. The highest BCUT2D eigenvalue weighted by atomic mass is 35.5. The van der Waals surface area contributed by atoms with E-state index >= 15 is 0 Å². The molecule has 5 nitrogen and oxygen atoms in total. The van der Waals surface area contributed by atoms with Crippen molar-refractivity contribution in [3.05, 3.63) is 33.9 Å². The SMILES string of the molecule is CCOC(=O)c1nc(-c2cc(Cl)ccc2Cl)oc1N. The molecule has 1 aromatic carbocycles. The van der Waals surface area contributed by atoms with Gasteiger partial charge < -0.3 is 14.9 Å². The zero-order valence-electron chi connectivity index (χ0n) is 9.94. The molecule has 100 valence electrons. The van der Waals surface area contributed by atoms with Crippen LogP contribution in [-0.2, 0) is 4.74 Å². The van der Waals surface area contributed by atoms with Crippen molar-refractivity contribution >= 4 is 35.1 Å². The molecule has 0 saturated heterocycles. The van der Waals surface area contributed by atoms with Gasteiger partial charge in [-0.3, -0.25) is 0 Å². The first kappa shape index (κ1) is 13.7. The second-order valence-corrected chi connectivity index (χ2v) is 4.42. The third-order valence-corrected chi connectivity index (χ3v) is 2.85. The van der Waals surface area contributed by atoms with Gasteiger partial charge in [-0.2, -0.15) is 4.98 Å². The molecule has 0 amide bonds. The van der Waals surface area contributed by atoms with Gasteiger partial charge in [0.1, 0.15) is 0 Å². The second kappa shape index (κ2) is 5.50. The van der Waals surface area contributed by atoms with Crippen LogP contribution in [0.2, 0.25) is 10.0 Å². The largest absolute Gasteiger partial charge is 0.461 e. The Morgan fingerprint density at radius 1 is 1.47 bits per heavy atom. The summed E-state index contributed by atoms with van der Waals surface area (Å²) in [4.78, 5) is 15.6. The van der Waals surface area contributed by atoms with Gasteiger partial charge in [0.05, 0.1) is 17.2 Å². The Labute approximate surface area is 119 Å². The van der Waals surface area contributed by atoms with E-state index in [2.05, 4.69) is 4.98 Å². The number of esters is 1. The van der Waals surface area contributed by atoms with Crippen molar-refractivity contribution in [3.63, 3.8) is 0 Å². The Hall–Kier alpha value is -1.72. The van der Waals surface area contributed by atoms with E-state index in [0.29, 0.717) is 15.6 Å². The molecule has 0 aliphatic rings. The molecule has 0 atom stereocenters. The van der Waals surface area contributed by atoms with E-state index in [1.807, 2.05) is 0 Å². The van der Waals surface area contributed by atoms with E-state index in [4.69, 9.17) is 38.1 Å². The highest BCUT2D eigenvalue weighted by Crippen LogP contribution is 2.32. The monoisotopic (exact) mass is 300 g/mol. The summed E-state index contributed by atoms with van der Waals surface area (Å²) in [5, 5.41) is 0.856. The Balaban J connectivity index is 2.44. The van der Waals surface area contributed by atoms with Gasteiger partial charge in [0, 0.05) is 5.02 Å². The number of aromatic nitrogens is 1. The molecule has 2 N–H and O–H groups in total. The number of nitrogens with zero attached hydrogens (tertiary/aromatic N) is 1. The number of nitrogens with two attached hydrogens (primary N) is 1. The van der Waals surface area contributed by atoms with E-state index in [1.165, 1.54) is 0 Å². The lowest BCUT2D eigenvalue weighted by Gasteiger charge is -1.99. The molecule has 0 aliphatic heterocycles. The molecular weight excluding hydrogens is 291 g/mol. The summed E-state index contributed by atoms with van der Waals surface area (Å²) in [6.45, 7) is 1.90. The fourth-order valence-electron chi connectivity index (χ4n) is 1.45. The first-order chi connectivity index (χ1) is 9.02. The Kier molecular flexibility index (Phi) is 3.97. The van der Waals surface area contributed by atoms with E-state index in [1.54, 1.807) is 25.1 Å². The summed E-state index contributed by atoms with van der Waals surface area (Å²) in [6, 6.07) is 4.81. The predicted octanol–water partition coefficient (Wildman–Crippen LogP) is 3.41. The van der Waals surface area contributed by atoms with Crippen LogP contribution in [0.1, 0.15) is 17.4 Å². The van der Waals surface area contributed by atoms with Gasteiger partial charge in [-0.1, -0.05) is 23.2 Å². The lowest BCUT2D eigenvalue weighted by Crippen LogP contribution is -2.07. The van der Waals surface area contributed by atoms with Crippen molar-refractivity contribution in [2.24, 2.45) is 0 Å². The number of carbonyl (C=O) groups excluding carboxylic acids is 1. The van der Waals surface area contributed by atoms with Gasteiger partial charge >= 0.3 is 5.97 Å². The van der Waals surface area contributed by atoms with Gasteiger partial charge in [0.2, 0.25) is 17.5 Å². The molecule has 0 saturated carbocycles. The van der Waals surface area contributed by atoms with Crippen molar-refractivity contribution in [1.29, 1.82) is 0 Å². The average molecular weight is 301 g/mol. The minimum atomic E-state index is -0.645. The number of halogens is 2. The number of hydrogen-bond acceptors (Lipinski definition) is 5. The minimum Gasteiger partial charge on any atom is -0.461 e. The molecule has 1 heterocycles. The predicted molar refractivity (Wildman–Crippen MR) is 72.3 cm³/mol. The molecular formula is C12H10Cl2N2O3. The molecule has 0 unspecified atom stereocenters. The van der Waals surface area contributed by atoms with Crippen LogP contribution in [0.4, 0.5) is 5.88 Å². The first-order valence-corrected chi connectivity index (χ1v) is 6.17. The lowest BCUT2D eigenvalue weighted by atomic mass is 10.2. The smallest absolute Gasteiger partial charge is 0.362 e. The van der Waals surface area contributed by atoms with Crippen molar-refractivity contribution in [1.82, 2.24) is 4.98 Å². The van der Waals surface area contributed by atoms with E-state index in [-0.39, 0.29) is 24.1 Å². The number of nitrogen functional groups attached to an aromatic ring is 1. The molecule has 7 heteroatoms. The molecule has 1 aromatic heterocycles. The second-order valence-electron chi connectivity index (χ2n) is 3.58. The third-order valence-electron chi connectivity index (χ3n) is 2.28. The normalized spacial score (nSPS) is 10.5. The van der Waals surface area contributed by atoms with Gasteiger partial charge in [0.15, 0.2) is 0 Å². The Bertz CT molecular complexity index is 625. The van der Waals surface area contributed by atoms with Crippen LogP contribution >= 0.6 is 23.2 Å². The van der Waals surface area contributed by atoms with E-state index in [9.17, 15) is 4.79 Å². The van der Waals surface area contributed by atoms with E-state index < -0.39 is 5.97 Å².